The predicted molar refractivity (Wildman–Crippen MR) is 91.4 cm³/mol. The van der Waals surface area contributed by atoms with Crippen LogP contribution in [-0.2, 0) is 17.0 Å². The summed E-state index contributed by atoms with van der Waals surface area (Å²) in [4.78, 5) is 20.8. The van der Waals surface area contributed by atoms with Gasteiger partial charge in [0, 0.05) is 43.6 Å². The molecule has 3 rings (SSSR count). The van der Waals surface area contributed by atoms with Gasteiger partial charge in [-0.3, -0.25) is 8.97 Å². The summed E-state index contributed by atoms with van der Waals surface area (Å²) in [5, 5.41) is 7.26. The van der Waals surface area contributed by atoms with Gasteiger partial charge < -0.3 is 4.74 Å². The van der Waals surface area contributed by atoms with E-state index in [1.165, 1.54) is 11.8 Å². The van der Waals surface area contributed by atoms with Crippen molar-refractivity contribution >= 4 is 17.5 Å². The molecular formula is C15H20N6O2S. The summed E-state index contributed by atoms with van der Waals surface area (Å²) in [6.07, 6.45) is 2.74. The molecule has 0 radical (unpaired) electrons. The Labute approximate surface area is 143 Å². The van der Waals surface area contributed by atoms with Gasteiger partial charge in [0.05, 0.1) is 5.69 Å². The van der Waals surface area contributed by atoms with E-state index in [4.69, 9.17) is 4.74 Å². The van der Waals surface area contributed by atoms with Crippen molar-refractivity contribution < 1.29 is 4.74 Å². The number of aromatic amines is 1. The molecule has 3 heterocycles. The molecule has 3 aromatic heterocycles. The lowest BCUT2D eigenvalue weighted by Gasteiger charge is -2.04. The highest BCUT2D eigenvalue weighted by atomic mass is 32.2. The summed E-state index contributed by atoms with van der Waals surface area (Å²) in [5.74, 6) is 1.32. The van der Waals surface area contributed by atoms with Gasteiger partial charge in [0.1, 0.15) is 0 Å². The first-order chi connectivity index (χ1) is 11.6. The fourth-order valence-corrected chi connectivity index (χ4v) is 3.36. The number of thioether (sulfide) groups is 1. The Morgan fingerprint density at radius 1 is 1.33 bits per heavy atom. The van der Waals surface area contributed by atoms with Gasteiger partial charge in [0.25, 0.3) is 0 Å². The zero-order valence-corrected chi connectivity index (χ0v) is 14.8. The lowest BCUT2D eigenvalue weighted by atomic mass is 10.3. The highest BCUT2D eigenvalue weighted by molar-refractivity contribution is 7.98. The minimum Gasteiger partial charge on any atom is -0.385 e. The van der Waals surface area contributed by atoms with E-state index in [0.717, 1.165) is 23.5 Å². The average Bonchev–Trinajstić information content (AvgIpc) is 3.10. The third kappa shape index (κ3) is 3.51. The minimum absolute atomic E-state index is 0.197. The molecule has 0 atom stereocenters. The summed E-state index contributed by atoms with van der Waals surface area (Å²) in [7, 11) is 1.65. The Morgan fingerprint density at radius 3 is 2.96 bits per heavy atom. The first-order valence-corrected chi connectivity index (χ1v) is 8.66. The topological polar surface area (TPSA) is 90.1 Å². The molecule has 8 nitrogen and oxygen atoms in total. The number of fused-ring (bicyclic) bond motifs is 1. The summed E-state index contributed by atoms with van der Waals surface area (Å²) in [6.45, 7) is 5.18. The molecule has 9 heteroatoms. The van der Waals surface area contributed by atoms with Crippen LogP contribution in [0.3, 0.4) is 0 Å². The van der Waals surface area contributed by atoms with Crippen LogP contribution in [0.2, 0.25) is 0 Å². The van der Waals surface area contributed by atoms with E-state index in [-0.39, 0.29) is 5.69 Å². The quantitative estimate of drug-likeness (QED) is 0.515. The number of rotatable bonds is 7. The molecule has 0 amide bonds. The SMILES string of the molecule is COCCCn1c(SCc2cn3c(C)cc(C)nc3n2)n[nH]c1=O. The lowest BCUT2D eigenvalue weighted by molar-refractivity contribution is 0.189. The van der Waals surface area contributed by atoms with Crippen LogP contribution in [0.15, 0.2) is 22.2 Å². The first kappa shape index (κ1) is 16.7. The maximum absolute atomic E-state index is 11.8. The molecule has 0 spiro atoms. The zero-order chi connectivity index (χ0) is 17.1. The number of aromatic nitrogens is 6. The highest BCUT2D eigenvalue weighted by Crippen LogP contribution is 2.20. The molecule has 0 unspecified atom stereocenters. The van der Waals surface area contributed by atoms with Crippen LogP contribution in [0.5, 0.6) is 0 Å². The van der Waals surface area contributed by atoms with Gasteiger partial charge in [-0.1, -0.05) is 11.8 Å². The molecule has 24 heavy (non-hydrogen) atoms. The zero-order valence-electron chi connectivity index (χ0n) is 13.9. The van der Waals surface area contributed by atoms with Crippen molar-refractivity contribution in [3.63, 3.8) is 0 Å². The van der Waals surface area contributed by atoms with Gasteiger partial charge in [-0.25, -0.2) is 19.9 Å². The predicted octanol–water partition coefficient (Wildman–Crippen LogP) is 1.56. The molecule has 0 aliphatic carbocycles. The van der Waals surface area contributed by atoms with E-state index < -0.39 is 0 Å². The van der Waals surface area contributed by atoms with Gasteiger partial charge in [-0.15, -0.1) is 5.10 Å². The number of methoxy groups -OCH3 is 1. The van der Waals surface area contributed by atoms with Gasteiger partial charge in [-0.2, -0.15) is 0 Å². The fraction of sp³-hybridized carbons (Fsp3) is 0.467. The maximum atomic E-state index is 11.8. The van der Waals surface area contributed by atoms with Crippen molar-refractivity contribution in [1.82, 2.24) is 29.1 Å². The van der Waals surface area contributed by atoms with Gasteiger partial charge >= 0.3 is 5.69 Å². The van der Waals surface area contributed by atoms with Crippen LogP contribution in [-0.4, -0.2) is 42.8 Å². The van der Waals surface area contributed by atoms with Crippen LogP contribution < -0.4 is 5.69 Å². The van der Waals surface area contributed by atoms with Crippen LogP contribution >= 0.6 is 11.8 Å². The molecule has 0 aromatic carbocycles. The van der Waals surface area contributed by atoms with E-state index >= 15 is 0 Å². The first-order valence-electron chi connectivity index (χ1n) is 7.67. The summed E-state index contributed by atoms with van der Waals surface area (Å²) in [6, 6.07) is 2.02. The van der Waals surface area contributed by atoms with E-state index in [1.807, 2.05) is 30.5 Å². The molecule has 128 valence electrons. The van der Waals surface area contributed by atoms with Crippen molar-refractivity contribution in [2.24, 2.45) is 0 Å². The van der Waals surface area contributed by atoms with Crippen molar-refractivity contribution in [3.8, 4) is 0 Å². The third-order valence-electron chi connectivity index (χ3n) is 3.61. The van der Waals surface area contributed by atoms with Gasteiger partial charge in [-0.05, 0) is 26.3 Å². The van der Waals surface area contributed by atoms with E-state index in [0.29, 0.717) is 29.8 Å². The smallest absolute Gasteiger partial charge is 0.343 e. The van der Waals surface area contributed by atoms with Gasteiger partial charge in [0.2, 0.25) is 5.78 Å². The normalized spacial score (nSPS) is 11.5. The molecule has 0 aliphatic rings. The molecule has 0 bridgehead atoms. The number of hydrogen-bond donors (Lipinski definition) is 1. The largest absolute Gasteiger partial charge is 0.385 e. The van der Waals surface area contributed by atoms with E-state index in [2.05, 4.69) is 20.2 Å². The molecule has 3 aromatic rings. The van der Waals surface area contributed by atoms with Crippen molar-refractivity contribution in [3.05, 3.63) is 39.8 Å². The second-order valence-corrected chi connectivity index (χ2v) is 6.48. The Kier molecular flexibility index (Phi) is 5.00. The van der Waals surface area contributed by atoms with E-state index in [1.54, 1.807) is 11.7 Å². The van der Waals surface area contributed by atoms with Crippen molar-refractivity contribution in [2.75, 3.05) is 13.7 Å². The number of aryl methyl sites for hydroxylation is 2. The molecule has 1 N–H and O–H groups in total. The maximum Gasteiger partial charge on any atom is 0.343 e. The molecule has 0 saturated carbocycles. The molecule has 0 saturated heterocycles. The van der Waals surface area contributed by atoms with Crippen molar-refractivity contribution in [1.29, 1.82) is 0 Å². The Balaban J connectivity index is 1.74. The number of imidazole rings is 1. The molecular weight excluding hydrogens is 328 g/mol. The standard InChI is InChI=1S/C15H20N6O2S/c1-10-7-11(2)21-8-12(17-13(21)16-10)9-24-15-19-18-14(22)20(15)5-4-6-23-3/h7-8H,4-6,9H2,1-3H3,(H,18,22). The summed E-state index contributed by atoms with van der Waals surface area (Å²) in [5.41, 5.74) is 2.75. The molecule has 0 fully saturated rings. The summed E-state index contributed by atoms with van der Waals surface area (Å²) < 4.78 is 8.63. The Morgan fingerprint density at radius 2 is 2.17 bits per heavy atom. The Hall–Kier alpha value is -2.13. The lowest BCUT2D eigenvalue weighted by Crippen LogP contribution is -2.18. The number of nitrogens with one attached hydrogen (secondary N) is 1. The second-order valence-electron chi connectivity index (χ2n) is 5.54. The van der Waals surface area contributed by atoms with E-state index in [9.17, 15) is 4.79 Å². The van der Waals surface area contributed by atoms with Crippen LogP contribution in [0.4, 0.5) is 0 Å². The summed E-state index contributed by atoms with van der Waals surface area (Å²) >= 11 is 1.48. The van der Waals surface area contributed by atoms with Crippen LogP contribution in [0, 0.1) is 13.8 Å². The fourth-order valence-electron chi connectivity index (χ4n) is 2.50. The minimum atomic E-state index is -0.197. The highest BCUT2D eigenvalue weighted by Gasteiger charge is 2.11. The van der Waals surface area contributed by atoms with Crippen LogP contribution in [0.1, 0.15) is 23.5 Å². The van der Waals surface area contributed by atoms with Crippen LogP contribution in [0.25, 0.3) is 5.78 Å². The number of H-pyrrole nitrogens is 1. The average molecular weight is 348 g/mol. The number of hydrogen-bond acceptors (Lipinski definition) is 6. The van der Waals surface area contributed by atoms with Crippen molar-refractivity contribution in [2.45, 2.75) is 37.7 Å². The second kappa shape index (κ2) is 7.18. The number of ether oxygens (including phenoxy) is 1. The Bertz CT molecular complexity index is 897. The third-order valence-corrected chi connectivity index (χ3v) is 4.62. The monoisotopic (exact) mass is 348 g/mol. The number of nitrogens with zero attached hydrogens (tertiary/aromatic N) is 5. The van der Waals surface area contributed by atoms with Gasteiger partial charge in [0.15, 0.2) is 5.16 Å². The molecule has 0 aliphatic heterocycles.